The quantitative estimate of drug-likeness (QED) is 0.771. The van der Waals surface area contributed by atoms with Gasteiger partial charge in [-0.3, -0.25) is 4.79 Å². The first-order chi connectivity index (χ1) is 9.87. The van der Waals surface area contributed by atoms with Gasteiger partial charge in [0.15, 0.2) is 0 Å². The van der Waals surface area contributed by atoms with Crippen molar-refractivity contribution in [2.24, 2.45) is 0 Å². The van der Waals surface area contributed by atoms with E-state index in [1.165, 1.54) is 18.9 Å². The van der Waals surface area contributed by atoms with Gasteiger partial charge in [-0.25, -0.2) is 0 Å². The van der Waals surface area contributed by atoms with Gasteiger partial charge >= 0.3 is 5.97 Å². The third-order valence-electron chi connectivity index (χ3n) is 3.75. The van der Waals surface area contributed by atoms with Crippen LogP contribution < -0.4 is 4.74 Å². The van der Waals surface area contributed by atoms with Crippen LogP contribution in [0.1, 0.15) is 64.9 Å². The molecule has 1 aliphatic carbocycles. The average molecular weight is 290 g/mol. The number of rotatable bonds is 3. The lowest BCUT2D eigenvalue weighted by Gasteiger charge is -2.33. The summed E-state index contributed by atoms with van der Waals surface area (Å²) in [4.78, 5) is 11.3. The number of hydrogen-bond acceptors (Lipinski definition) is 3. The van der Waals surface area contributed by atoms with Crippen molar-refractivity contribution in [3.8, 4) is 5.75 Å². The topological polar surface area (TPSA) is 35.5 Å². The van der Waals surface area contributed by atoms with Crippen LogP contribution in [0.15, 0.2) is 24.3 Å². The summed E-state index contributed by atoms with van der Waals surface area (Å²) in [7, 11) is 0. The molecule has 2 rings (SSSR count). The first kappa shape index (κ1) is 15.9. The van der Waals surface area contributed by atoms with Gasteiger partial charge in [-0.2, -0.15) is 0 Å². The Kier molecular flexibility index (Phi) is 4.92. The van der Waals surface area contributed by atoms with Gasteiger partial charge in [0.2, 0.25) is 0 Å². The molecule has 3 heteroatoms. The second-order valence-electron chi connectivity index (χ2n) is 6.79. The van der Waals surface area contributed by atoms with Crippen molar-refractivity contribution >= 4 is 5.97 Å². The minimum Gasteiger partial charge on any atom is -0.488 e. The van der Waals surface area contributed by atoms with Gasteiger partial charge < -0.3 is 9.47 Å². The van der Waals surface area contributed by atoms with E-state index < -0.39 is 0 Å². The van der Waals surface area contributed by atoms with Gasteiger partial charge in [-0.05, 0) is 46.1 Å². The molecule has 1 aromatic carbocycles. The van der Waals surface area contributed by atoms with Crippen LogP contribution in [0.3, 0.4) is 0 Å². The van der Waals surface area contributed by atoms with Crippen molar-refractivity contribution < 1.29 is 14.3 Å². The number of benzene rings is 1. The molecule has 0 spiro atoms. The highest BCUT2D eigenvalue weighted by Crippen LogP contribution is 2.40. The van der Waals surface area contributed by atoms with Crippen molar-refractivity contribution in [1.82, 2.24) is 0 Å². The van der Waals surface area contributed by atoms with E-state index >= 15 is 0 Å². The number of carbonyl (C=O) groups is 1. The number of hydrogen-bond donors (Lipinski definition) is 0. The second kappa shape index (κ2) is 6.50. The predicted molar refractivity (Wildman–Crippen MR) is 83.6 cm³/mol. The van der Waals surface area contributed by atoms with Crippen LogP contribution in [0.4, 0.5) is 0 Å². The van der Waals surface area contributed by atoms with Gasteiger partial charge in [-0.15, -0.1) is 0 Å². The predicted octanol–water partition coefficient (Wildman–Crippen LogP) is 4.45. The zero-order valence-electron chi connectivity index (χ0n) is 13.5. The van der Waals surface area contributed by atoms with E-state index in [9.17, 15) is 4.79 Å². The Labute approximate surface area is 127 Å². The Morgan fingerprint density at radius 1 is 1.14 bits per heavy atom. The lowest BCUT2D eigenvalue weighted by atomic mass is 9.81. The van der Waals surface area contributed by atoms with Gasteiger partial charge in [0.05, 0.1) is 0 Å². The first-order valence-corrected chi connectivity index (χ1v) is 7.82. The summed E-state index contributed by atoms with van der Waals surface area (Å²) in [6.45, 7) is 7.64. The minimum atomic E-state index is -0.234. The monoisotopic (exact) mass is 290 g/mol. The molecule has 116 valence electrons. The Hall–Kier alpha value is -1.51. The summed E-state index contributed by atoms with van der Waals surface area (Å²) >= 11 is 0. The summed E-state index contributed by atoms with van der Waals surface area (Å²) in [5.74, 6) is 0.955. The van der Waals surface area contributed by atoms with Crippen molar-refractivity contribution in [1.29, 1.82) is 0 Å². The minimum absolute atomic E-state index is 0.0269. The fourth-order valence-corrected chi connectivity index (χ4v) is 3.02. The molecule has 0 amide bonds. The highest BCUT2D eigenvalue weighted by molar-refractivity contribution is 5.66. The van der Waals surface area contributed by atoms with Crippen LogP contribution in [-0.4, -0.2) is 17.7 Å². The number of ether oxygens (including phenoxy) is 2. The van der Waals surface area contributed by atoms with Crippen LogP contribution in [0, 0.1) is 0 Å². The largest absolute Gasteiger partial charge is 0.488 e. The normalized spacial score (nSPS) is 22.7. The standard InChI is InChI=1S/C18H26O3/c1-13(19)20-16-11-7-5-9-14(16)15-10-6-8-12-17(15)21-18(2,3)4/h6,8,10,12,14,16H,5,7,9,11H2,1-4H3. The highest BCUT2D eigenvalue weighted by atomic mass is 16.5. The zero-order chi connectivity index (χ0) is 15.5. The third-order valence-corrected chi connectivity index (χ3v) is 3.75. The van der Waals surface area contributed by atoms with E-state index in [0.29, 0.717) is 0 Å². The Bertz CT molecular complexity index is 487. The molecule has 1 saturated carbocycles. The molecule has 0 saturated heterocycles. The number of carbonyl (C=O) groups excluding carboxylic acids is 1. The van der Waals surface area contributed by atoms with Crippen LogP contribution in [0.2, 0.25) is 0 Å². The third kappa shape index (κ3) is 4.48. The summed E-state index contributed by atoms with van der Waals surface area (Å²) in [5, 5.41) is 0. The average Bonchev–Trinajstić information content (AvgIpc) is 2.38. The van der Waals surface area contributed by atoms with Crippen molar-refractivity contribution in [2.75, 3.05) is 0 Å². The molecule has 1 fully saturated rings. The lowest BCUT2D eigenvalue weighted by molar-refractivity contribution is -0.148. The smallest absolute Gasteiger partial charge is 0.302 e. The molecule has 0 heterocycles. The molecule has 0 aliphatic heterocycles. The van der Waals surface area contributed by atoms with E-state index in [1.54, 1.807) is 0 Å². The fourth-order valence-electron chi connectivity index (χ4n) is 3.02. The molecule has 2 atom stereocenters. The van der Waals surface area contributed by atoms with Gasteiger partial charge in [0.1, 0.15) is 17.5 Å². The maximum Gasteiger partial charge on any atom is 0.302 e. The Morgan fingerprint density at radius 3 is 2.48 bits per heavy atom. The molecular weight excluding hydrogens is 264 g/mol. The van der Waals surface area contributed by atoms with Crippen molar-refractivity contribution in [2.45, 2.75) is 71.0 Å². The molecule has 3 nitrogen and oxygen atoms in total. The molecule has 21 heavy (non-hydrogen) atoms. The van der Waals surface area contributed by atoms with E-state index in [0.717, 1.165) is 25.0 Å². The summed E-state index contributed by atoms with van der Waals surface area (Å²) in [6.07, 6.45) is 4.25. The van der Waals surface area contributed by atoms with Crippen LogP contribution in [0.25, 0.3) is 0 Å². The van der Waals surface area contributed by atoms with E-state index in [1.807, 2.05) is 39.0 Å². The van der Waals surface area contributed by atoms with Gasteiger partial charge in [0.25, 0.3) is 0 Å². The Balaban J connectivity index is 2.27. The molecule has 2 unspecified atom stereocenters. The summed E-state index contributed by atoms with van der Waals surface area (Å²) in [5.41, 5.74) is 0.931. The Morgan fingerprint density at radius 2 is 1.81 bits per heavy atom. The van der Waals surface area contributed by atoms with Gasteiger partial charge in [-0.1, -0.05) is 24.6 Å². The SMILES string of the molecule is CC(=O)OC1CCCCC1c1ccccc1OC(C)(C)C. The molecule has 0 bridgehead atoms. The van der Waals surface area contributed by atoms with Crippen molar-refractivity contribution in [3.63, 3.8) is 0 Å². The molecule has 1 aromatic rings. The maximum absolute atomic E-state index is 11.3. The first-order valence-electron chi connectivity index (χ1n) is 7.82. The fraction of sp³-hybridized carbons (Fsp3) is 0.611. The lowest BCUT2D eigenvalue weighted by Crippen LogP contribution is -2.29. The number of para-hydroxylation sites is 1. The van der Waals surface area contributed by atoms with Crippen LogP contribution in [0.5, 0.6) is 5.75 Å². The molecular formula is C18H26O3. The summed E-state index contributed by atoms with van der Waals surface area (Å²) < 4.78 is 11.6. The van der Waals surface area contributed by atoms with E-state index in [-0.39, 0.29) is 23.6 Å². The molecule has 1 aliphatic rings. The van der Waals surface area contributed by atoms with Crippen LogP contribution >= 0.6 is 0 Å². The molecule has 0 radical (unpaired) electrons. The van der Waals surface area contributed by atoms with Gasteiger partial charge in [0, 0.05) is 18.4 Å². The molecule has 0 aromatic heterocycles. The van der Waals surface area contributed by atoms with Crippen molar-refractivity contribution in [3.05, 3.63) is 29.8 Å². The second-order valence-corrected chi connectivity index (χ2v) is 6.79. The highest BCUT2D eigenvalue weighted by Gasteiger charge is 2.31. The maximum atomic E-state index is 11.3. The number of esters is 1. The molecule has 0 N–H and O–H groups in total. The van der Waals surface area contributed by atoms with E-state index in [2.05, 4.69) is 6.07 Å². The van der Waals surface area contributed by atoms with Crippen LogP contribution in [-0.2, 0) is 9.53 Å². The zero-order valence-corrected chi connectivity index (χ0v) is 13.5. The van der Waals surface area contributed by atoms with E-state index in [4.69, 9.17) is 9.47 Å². The summed E-state index contributed by atoms with van der Waals surface area (Å²) in [6, 6.07) is 8.14.